The summed E-state index contributed by atoms with van der Waals surface area (Å²) in [6.45, 7) is 0. The van der Waals surface area contributed by atoms with Crippen molar-refractivity contribution in [1.29, 1.82) is 0 Å². The van der Waals surface area contributed by atoms with E-state index in [4.69, 9.17) is 21.7 Å². The maximum absolute atomic E-state index is 11.5. The van der Waals surface area contributed by atoms with Gasteiger partial charge < -0.3 is 15.3 Å². The molecule has 0 fully saturated rings. The fraction of sp³-hybridized carbons (Fsp3) is 0.393. The monoisotopic (exact) mass is 529 g/mol. The van der Waals surface area contributed by atoms with Crippen molar-refractivity contribution in [2.75, 3.05) is 5.75 Å². The Balaban J connectivity index is 1.47. The number of thioether (sulfide) groups is 1. The van der Waals surface area contributed by atoms with Crippen LogP contribution in [0.2, 0.25) is 5.02 Å². The molecule has 3 N–H and O–H groups in total. The second kappa shape index (κ2) is 14.2. The molecule has 2 atom stereocenters. The van der Waals surface area contributed by atoms with E-state index >= 15 is 0 Å². The molecule has 2 aromatic carbocycles. The number of aromatic nitrogens is 1. The van der Waals surface area contributed by atoms with Crippen LogP contribution in [0.15, 0.2) is 54.6 Å². The Hall–Kier alpha value is -2.61. The molecule has 2 unspecified atom stereocenters. The van der Waals surface area contributed by atoms with Crippen molar-refractivity contribution in [3.8, 4) is 0 Å². The first kappa shape index (κ1) is 28.0. The highest BCUT2D eigenvalue weighted by Crippen LogP contribution is 2.35. The Bertz CT molecular complexity index is 1170. The van der Waals surface area contributed by atoms with Gasteiger partial charge >= 0.3 is 11.9 Å². The summed E-state index contributed by atoms with van der Waals surface area (Å²) >= 11 is 7.26. The fourth-order valence-electron chi connectivity index (χ4n) is 4.22. The van der Waals surface area contributed by atoms with Gasteiger partial charge in [-0.2, -0.15) is 0 Å². The van der Waals surface area contributed by atoms with E-state index in [1.54, 1.807) is 0 Å². The lowest BCUT2D eigenvalue weighted by molar-refractivity contribution is -0.146. The van der Waals surface area contributed by atoms with Gasteiger partial charge in [0.25, 0.3) is 0 Å². The minimum atomic E-state index is -1.59. The summed E-state index contributed by atoms with van der Waals surface area (Å²) in [7, 11) is 0. The van der Waals surface area contributed by atoms with Gasteiger partial charge in [-0.05, 0) is 55.0 Å². The SMILES string of the molecule is O=C(O)CCSC(c1ccccc1CCCCCCCc1ccc2ccc(Cl)cc2n1)C(O)C(=O)O. The molecule has 0 aliphatic heterocycles. The van der Waals surface area contributed by atoms with Gasteiger partial charge in [0.15, 0.2) is 6.10 Å². The summed E-state index contributed by atoms with van der Waals surface area (Å²) < 4.78 is 0. The first-order chi connectivity index (χ1) is 17.3. The van der Waals surface area contributed by atoms with E-state index < -0.39 is 23.3 Å². The van der Waals surface area contributed by atoms with Crippen LogP contribution in [-0.2, 0) is 22.4 Å². The van der Waals surface area contributed by atoms with E-state index in [1.807, 2.05) is 42.5 Å². The van der Waals surface area contributed by atoms with Gasteiger partial charge in [0, 0.05) is 21.9 Å². The number of hydrogen-bond donors (Lipinski definition) is 3. The number of carboxylic acid groups (broad SMARTS) is 2. The number of nitrogens with zero attached hydrogens (tertiary/aromatic N) is 1. The molecule has 1 heterocycles. The van der Waals surface area contributed by atoms with Gasteiger partial charge in [-0.15, -0.1) is 11.8 Å². The molecule has 0 bridgehead atoms. The summed E-state index contributed by atoms with van der Waals surface area (Å²) in [6.07, 6.45) is 5.29. The van der Waals surface area contributed by atoms with Gasteiger partial charge in [-0.25, -0.2) is 4.79 Å². The van der Waals surface area contributed by atoms with E-state index in [9.17, 15) is 19.8 Å². The lowest BCUT2D eigenvalue weighted by Gasteiger charge is -2.22. The van der Waals surface area contributed by atoms with E-state index in [0.29, 0.717) is 5.02 Å². The van der Waals surface area contributed by atoms with Crippen LogP contribution in [0.25, 0.3) is 10.9 Å². The summed E-state index contributed by atoms with van der Waals surface area (Å²) in [5.74, 6) is -2.01. The third-order valence-electron chi connectivity index (χ3n) is 6.11. The van der Waals surface area contributed by atoms with Crippen LogP contribution in [0.3, 0.4) is 0 Å². The van der Waals surface area contributed by atoms with Gasteiger partial charge in [-0.3, -0.25) is 9.78 Å². The molecule has 0 radical (unpaired) electrons. The fourth-order valence-corrected chi connectivity index (χ4v) is 5.64. The number of benzene rings is 2. The second-order valence-electron chi connectivity index (χ2n) is 8.82. The quantitative estimate of drug-likeness (QED) is 0.198. The van der Waals surface area contributed by atoms with Gasteiger partial charge in [0.1, 0.15) is 0 Å². The van der Waals surface area contributed by atoms with Crippen molar-refractivity contribution in [3.63, 3.8) is 0 Å². The minimum Gasteiger partial charge on any atom is -0.481 e. The highest BCUT2D eigenvalue weighted by Gasteiger charge is 2.29. The van der Waals surface area contributed by atoms with Gasteiger partial charge in [-0.1, -0.05) is 67.3 Å². The van der Waals surface area contributed by atoms with E-state index in [0.717, 1.165) is 72.7 Å². The molecule has 3 rings (SSSR count). The number of unbranched alkanes of at least 4 members (excludes halogenated alkanes) is 4. The van der Waals surface area contributed by atoms with E-state index in [1.165, 1.54) is 11.8 Å². The van der Waals surface area contributed by atoms with Crippen molar-refractivity contribution in [3.05, 3.63) is 76.4 Å². The van der Waals surface area contributed by atoms with Crippen LogP contribution in [0, 0.1) is 0 Å². The van der Waals surface area contributed by atoms with Crippen LogP contribution in [0.5, 0.6) is 0 Å². The number of aliphatic carboxylic acids is 2. The van der Waals surface area contributed by atoms with Crippen LogP contribution < -0.4 is 0 Å². The zero-order valence-electron chi connectivity index (χ0n) is 20.1. The number of carbonyl (C=O) groups is 2. The lowest BCUT2D eigenvalue weighted by atomic mass is 9.96. The average molecular weight is 530 g/mol. The molecular formula is C28H32ClNO5S. The smallest absolute Gasteiger partial charge is 0.334 e. The van der Waals surface area contributed by atoms with E-state index in [-0.39, 0.29) is 12.2 Å². The number of carboxylic acids is 2. The third-order valence-corrected chi connectivity index (χ3v) is 7.65. The first-order valence-corrected chi connectivity index (χ1v) is 13.6. The topological polar surface area (TPSA) is 108 Å². The summed E-state index contributed by atoms with van der Waals surface area (Å²) in [6, 6.07) is 17.4. The normalized spacial score (nSPS) is 12.9. The molecule has 0 spiro atoms. The molecule has 0 aliphatic carbocycles. The Kier molecular flexibility index (Phi) is 11.0. The standard InChI is InChI=1S/C28H32ClNO5S/c29-21-14-12-20-13-15-22(30-24(20)18-21)10-5-3-1-2-4-8-19-9-6-7-11-23(19)27(26(33)28(34)35)36-17-16-25(31)32/h6-7,9,11-15,18,26-27,33H,1-5,8,10,16-17H2,(H,31,32)(H,34,35). The number of aliphatic hydroxyl groups excluding tert-OH is 1. The average Bonchev–Trinajstić information content (AvgIpc) is 2.85. The molecule has 0 saturated carbocycles. The molecule has 0 aliphatic rings. The van der Waals surface area contributed by atoms with Crippen molar-refractivity contribution >= 4 is 46.2 Å². The number of pyridine rings is 1. The maximum atomic E-state index is 11.5. The Morgan fingerprint density at radius 3 is 2.36 bits per heavy atom. The summed E-state index contributed by atoms with van der Waals surface area (Å²) in [5, 5.41) is 29.6. The number of aliphatic hydroxyl groups is 1. The summed E-state index contributed by atoms with van der Waals surface area (Å²) in [4.78, 5) is 27.1. The van der Waals surface area contributed by atoms with Crippen LogP contribution >= 0.6 is 23.4 Å². The van der Waals surface area contributed by atoms with Crippen LogP contribution in [-0.4, -0.2) is 44.1 Å². The molecule has 8 heteroatoms. The molecule has 0 saturated heterocycles. The number of fused-ring (bicyclic) bond motifs is 1. The Labute approximate surface area is 220 Å². The maximum Gasteiger partial charge on any atom is 0.334 e. The largest absolute Gasteiger partial charge is 0.481 e. The minimum absolute atomic E-state index is 0.0852. The molecule has 192 valence electrons. The molecule has 36 heavy (non-hydrogen) atoms. The van der Waals surface area contributed by atoms with Crippen molar-refractivity contribution < 1.29 is 24.9 Å². The predicted molar refractivity (Wildman–Crippen MR) is 145 cm³/mol. The third kappa shape index (κ3) is 8.50. The van der Waals surface area contributed by atoms with Crippen LogP contribution in [0.4, 0.5) is 0 Å². The molecule has 3 aromatic rings. The first-order valence-electron chi connectivity index (χ1n) is 12.2. The number of rotatable bonds is 15. The molecular weight excluding hydrogens is 498 g/mol. The highest BCUT2D eigenvalue weighted by molar-refractivity contribution is 7.99. The zero-order valence-corrected chi connectivity index (χ0v) is 21.7. The zero-order chi connectivity index (χ0) is 25.9. The van der Waals surface area contributed by atoms with Gasteiger partial charge in [0.05, 0.1) is 17.2 Å². The van der Waals surface area contributed by atoms with Gasteiger partial charge in [0.2, 0.25) is 0 Å². The van der Waals surface area contributed by atoms with Crippen molar-refractivity contribution in [2.45, 2.75) is 62.7 Å². The number of hydrogen-bond acceptors (Lipinski definition) is 5. The molecule has 0 amide bonds. The molecule has 6 nitrogen and oxygen atoms in total. The second-order valence-corrected chi connectivity index (χ2v) is 10.5. The van der Waals surface area contributed by atoms with E-state index in [2.05, 4.69) is 12.1 Å². The van der Waals surface area contributed by atoms with Crippen molar-refractivity contribution in [2.24, 2.45) is 0 Å². The lowest BCUT2D eigenvalue weighted by Crippen LogP contribution is -2.27. The van der Waals surface area contributed by atoms with Crippen molar-refractivity contribution in [1.82, 2.24) is 4.98 Å². The Morgan fingerprint density at radius 2 is 1.61 bits per heavy atom. The predicted octanol–water partition coefficient (Wildman–Crippen LogP) is 6.32. The number of aryl methyl sites for hydroxylation is 2. The summed E-state index contributed by atoms with van der Waals surface area (Å²) in [5.41, 5.74) is 3.77. The Morgan fingerprint density at radius 1 is 0.917 bits per heavy atom. The van der Waals surface area contributed by atoms with Crippen LogP contribution in [0.1, 0.15) is 60.6 Å². The molecule has 1 aromatic heterocycles. The number of halogens is 1. The highest BCUT2D eigenvalue weighted by atomic mass is 35.5.